The third-order valence-electron chi connectivity index (χ3n) is 4.35. The molecule has 0 bridgehead atoms. The summed E-state index contributed by atoms with van der Waals surface area (Å²) in [7, 11) is 0. The standard InChI is InChI=1S/C15H20BrFN2/c1-2-11-8-18-15(10-3-4-10)9-19(11)12-5-6-13(16)14(17)7-12/h5-7,10-11,15,18H,2-4,8-9H2,1H3. The van der Waals surface area contributed by atoms with Gasteiger partial charge >= 0.3 is 0 Å². The van der Waals surface area contributed by atoms with Gasteiger partial charge in [-0.05, 0) is 59.3 Å². The summed E-state index contributed by atoms with van der Waals surface area (Å²) >= 11 is 3.22. The summed E-state index contributed by atoms with van der Waals surface area (Å²) in [6.45, 7) is 4.21. The van der Waals surface area contributed by atoms with Gasteiger partial charge in [-0.15, -0.1) is 0 Å². The maximum absolute atomic E-state index is 13.7. The van der Waals surface area contributed by atoms with Crippen LogP contribution >= 0.6 is 15.9 Å². The second-order valence-electron chi connectivity index (χ2n) is 5.67. The molecule has 0 radical (unpaired) electrons. The fourth-order valence-electron chi connectivity index (χ4n) is 2.98. The van der Waals surface area contributed by atoms with Crippen LogP contribution in [0.5, 0.6) is 0 Å². The van der Waals surface area contributed by atoms with E-state index in [0.717, 1.165) is 31.1 Å². The summed E-state index contributed by atoms with van der Waals surface area (Å²) in [5.74, 6) is 0.662. The molecule has 1 saturated heterocycles. The molecule has 19 heavy (non-hydrogen) atoms. The van der Waals surface area contributed by atoms with Crippen molar-refractivity contribution in [3.63, 3.8) is 0 Å². The predicted molar refractivity (Wildman–Crippen MR) is 80.0 cm³/mol. The monoisotopic (exact) mass is 326 g/mol. The Balaban J connectivity index is 1.82. The van der Waals surface area contributed by atoms with Crippen molar-refractivity contribution in [2.24, 2.45) is 5.92 Å². The molecule has 1 N–H and O–H groups in total. The van der Waals surface area contributed by atoms with Gasteiger partial charge in [-0.25, -0.2) is 4.39 Å². The van der Waals surface area contributed by atoms with E-state index in [1.807, 2.05) is 12.1 Å². The summed E-state index contributed by atoms with van der Waals surface area (Å²) < 4.78 is 14.3. The van der Waals surface area contributed by atoms with Crippen LogP contribution in [0.2, 0.25) is 0 Å². The van der Waals surface area contributed by atoms with Crippen LogP contribution in [0.4, 0.5) is 10.1 Å². The largest absolute Gasteiger partial charge is 0.366 e. The lowest BCUT2D eigenvalue weighted by molar-refractivity contribution is 0.359. The highest BCUT2D eigenvalue weighted by atomic mass is 79.9. The molecule has 1 saturated carbocycles. The Bertz CT molecular complexity index is 461. The molecule has 0 aromatic heterocycles. The maximum atomic E-state index is 13.7. The molecule has 4 heteroatoms. The second kappa shape index (κ2) is 5.41. The van der Waals surface area contributed by atoms with Gasteiger partial charge in [0, 0.05) is 30.9 Å². The maximum Gasteiger partial charge on any atom is 0.139 e. The van der Waals surface area contributed by atoms with Gasteiger partial charge in [-0.2, -0.15) is 0 Å². The van der Waals surface area contributed by atoms with E-state index in [4.69, 9.17) is 0 Å². The van der Waals surface area contributed by atoms with Crippen molar-refractivity contribution < 1.29 is 4.39 Å². The fraction of sp³-hybridized carbons (Fsp3) is 0.600. The van der Waals surface area contributed by atoms with Crippen LogP contribution in [-0.4, -0.2) is 25.2 Å². The van der Waals surface area contributed by atoms with Crippen LogP contribution in [0.25, 0.3) is 0 Å². The van der Waals surface area contributed by atoms with E-state index in [9.17, 15) is 4.39 Å². The van der Waals surface area contributed by atoms with Gasteiger partial charge < -0.3 is 10.2 Å². The Hall–Kier alpha value is -0.610. The van der Waals surface area contributed by atoms with Crippen molar-refractivity contribution in [3.8, 4) is 0 Å². The molecule has 1 aromatic carbocycles. The molecule has 3 rings (SSSR count). The van der Waals surface area contributed by atoms with Crippen LogP contribution in [0, 0.1) is 11.7 Å². The Morgan fingerprint density at radius 1 is 1.42 bits per heavy atom. The van der Waals surface area contributed by atoms with Crippen molar-refractivity contribution in [2.45, 2.75) is 38.3 Å². The number of rotatable bonds is 3. The second-order valence-corrected chi connectivity index (χ2v) is 6.52. The number of hydrogen-bond donors (Lipinski definition) is 1. The average Bonchev–Trinajstić information content (AvgIpc) is 3.26. The highest BCUT2D eigenvalue weighted by molar-refractivity contribution is 9.10. The van der Waals surface area contributed by atoms with Gasteiger partial charge in [0.1, 0.15) is 5.82 Å². The zero-order valence-corrected chi connectivity index (χ0v) is 12.8. The zero-order valence-electron chi connectivity index (χ0n) is 11.2. The minimum absolute atomic E-state index is 0.172. The van der Waals surface area contributed by atoms with E-state index in [0.29, 0.717) is 16.6 Å². The summed E-state index contributed by atoms with van der Waals surface area (Å²) in [4.78, 5) is 2.38. The first-order chi connectivity index (χ1) is 9.19. The summed E-state index contributed by atoms with van der Waals surface area (Å²) in [5, 5.41) is 3.66. The molecule has 0 amide bonds. The number of benzene rings is 1. The molecule has 2 atom stereocenters. The summed E-state index contributed by atoms with van der Waals surface area (Å²) in [6, 6.07) is 6.53. The lowest BCUT2D eigenvalue weighted by Gasteiger charge is -2.42. The number of nitrogens with zero attached hydrogens (tertiary/aromatic N) is 1. The summed E-state index contributed by atoms with van der Waals surface area (Å²) in [5.41, 5.74) is 1.01. The number of halogens is 2. The third-order valence-corrected chi connectivity index (χ3v) is 4.99. The molecule has 2 unspecified atom stereocenters. The third kappa shape index (κ3) is 2.79. The van der Waals surface area contributed by atoms with Crippen LogP contribution in [0.1, 0.15) is 26.2 Å². The van der Waals surface area contributed by atoms with Gasteiger partial charge in [0.05, 0.1) is 4.47 Å². The highest BCUT2D eigenvalue weighted by Gasteiger charge is 2.36. The fourth-order valence-corrected chi connectivity index (χ4v) is 3.23. The van der Waals surface area contributed by atoms with Crippen molar-refractivity contribution in [2.75, 3.05) is 18.0 Å². The number of anilines is 1. The molecule has 1 aliphatic heterocycles. The lowest BCUT2D eigenvalue weighted by atomic mass is 10.0. The van der Waals surface area contributed by atoms with Crippen molar-refractivity contribution in [3.05, 3.63) is 28.5 Å². The van der Waals surface area contributed by atoms with E-state index in [1.165, 1.54) is 12.8 Å². The Morgan fingerprint density at radius 3 is 2.84 bits per heavy atom. The quantitative estimate of drug-likeness (QED) is 0.913. The lowest BCUT2D eigenvalue weighted by Crippen LogP contribution is -2.57. The molecule has 2 nitrogen and oxygen atoms in total. The molecular weight excluding hydrogens is 307 g/mol. The molecule has 1 aliphatic carbocycles. The van der Waals surface area contributed by atoms with Crippen molar-refractivity contribution >= 4 is 21.6 Å². The molecular formula is C15H20BrFN2. The van der Waals surface area contributed by atoms with Crippen molar-refractivity contribution in [1.82, 2.24) is 5.32 Å². The van der Waals surface area contributed by atoms with E-state index in [2.05, 4.69) is 33.1 Å². The van der Waals surface area contributed by atoms with Gasteiger partial charge in [0.25, 0.3) is 0 Å². The number of nitrogens with one attached hydrogen (secondary N) is 1. The number of piperazine rings is 1. The first-order valence-corrected chi connectivity index (χ1v) is 7.93. The highest BCUT2D eigenvalue weighted by Crippen LogP contribution is 2.36. The molecule has 2 aliphatic rings. The molecule has 2 fully saturated rings. The number of hydrogen-bond acceptors (Lipinski definition) is 2. The Kier molecular flexibility index (Phi) is 3.81. The molecule has 1 heterocycles. The smallest absolute Gasteiger partial charge is 0.139 e. The minimum Gasteiger partial charge on any atom is -0.366 e. The average molecular weight is 327 g/mol. The first-order valence-electron chi connectivity index (χ1n) is 7.14. The van der Waals surface area contributed by atoms with E-state index >= 15 is 0 Å². The molecule has 0 spiro atoms. The molecule has 1 aromatic rings. The Labute approximate surface area is 122 Å². The predicted octanol–water partition coefficient (Wildman–Crippen LogP) is 3.56. The molecule has 104 valence electrons. The SMILES string of the molecule is CCC1CNC(C2CC2)CN1c1ccc(Br)c(F)c1. The summed E-state index contributed by atoms with van der Waals surface area (Å²) in [6.07, 6.45) is 3.77. The van der Waals surface area contributed by atoms with Gasteiger partial charge in [-0.3, -0.25) is 0 Å². The van der Waals surface area contributed by atoms with Gasteiger partial charge in [0.2, 0.25) is 0 Å². The van der Waals surface area contributed by atoms with Crippen molar-refractivity contribution in [1.29, 1.82) is 0 Å². The van der Waals surface area contributed by atoms with Gasteiger partial charge in [0.15, 0.2) is 0 Å². The van der Waals surface area contributed by atoms with E-state index in [1.54, 1.807) is 6.07 Å². The van der Waals surface area contributed by atoms with Crippen LogP contribution in [0.3, 0.4) is 0 Å². The normalized spacial score (nSPS) is 27.6. The van der Waals surface area contributed by atoms with E-state index < -0.39 is 0 Å². The van der Waals surface area contributed by atoms with Gasteiger partial charge in [-0.1, -0.05) is 6.92 Å². The minimum atomic E-state index is -0.172. The zero-order chi connectivity index (χ0) is 13.4. The van der Waals surface area contributed by atoms with Crippen LogP contribution in [0.15, 0.2) is 22.7 Å². The first kappa shape index (κ1) is 13.4. The van der Waals surface area contributed by atoms with E-state index in [-0.39, 0.29) is 5.82 Å². The topological polar surface area (TPSA) is 15.3 Å². The Morgan fingerprint density at radius 2 is 2.21 bits per heavy atom. The van der Waals surface area contributed by atoms with Crippen LogP contribution < -0.4 is 10.2 Å². The van der Waals surface area contributed by atoms with Crippen LogP contribution in [-0.2, 0) is 0 Å².